The number of anilines is 1. The van der Waals surface area contributed by atoms with Gasteiger partial charge in [0, 0.05) is 18.8 Å². The molecule has 1 aliphatic carbocycles. The number of alkyl halides is 3. The first-order chi connectivity index (χ1) is 15.8. The van der Waals surface area contributed by atoms with E-state index in [1.807, 2.05) is 20.8 Å². The molecule has 2 atom stereocenters. The van der Waals surface area contributed by atoms with Crippen LogP contribution in [0.4, 0.5) is 18.9 Å². The van der Waals surface area contributed by atoms with Gasteiger partial charge in [-0.05, 0) is 81.8 Å². The van der Waals surface area contributed by atoms with Gasteiger partial charge in [-0.2, -0.15) is 13.2 Å². The fourth-order valence-corrected chi connectivity index (χ4v) is 5.65. The van der Waals surface area contributed by atoms with Crippen LogP contribution >= 0.6 is 0 Å². The molecule has 2 saturated heterocycles. The summed E-state index contributed by atoms with van der Waals surface area (Å²) in [7, 11) is -1.08. The zero-order valence-electron chi connectivity index (χ0n) is 19.8. The molecule has 0 saturated carbocycles. The predicted molar refractivity (Wildman–Crippen MR) is 125 cm³/mol. The third-order valence-electron chi connectivity index (χ3n) is 6.59. The molecular formula is C23H34F3N3O4S. The standard InChI is InChI=1S/C21H33N3O2S.C2HF3O2/c1-20(2,3)27(25)23-19-18-14-17(24-10-12-26-13-11-24)5-4-16(18)15-21(19)6-8-22-9-7-21;3-2(4,5)1(6)7/h4-5,14,19,22-23H,6-13,15H2,1-3H3;(H,6,7)/t19-,27?;/m1./s1. The summed E-state index contributed by atoms with van der Waals surface area (Å²) < 4.78 is 53.6. The number of carboxylic acid groups (broad SMARTS) is 1. The monoisotopic (exact) mass is 505 g/mol. The van der Waals surface area contributed by atoms with Gasteiger partial charge in [-0.3, -0.25) is 0 Å². The number of nitrogens with one attached hydrogen (secondary N) is 2. The molecule has 1 spiro atoms. The Hall–Kier alpha value is -1.69. The van der Waals surface area contributed by atoms with E-state index in [2.05, 4.69) is 33.1 Å². The highest BCUT2D eigenvalue weighted by Crippen LogP contribution is 2.52. The van der Waals surface area contributed by atoms with E-state index in [-0.39, 0.29) is 16.2 Å². The summed E-state index contributed by atoms with van der Waals surface area (Å²) in [5.41, 5.74) is 4.24. The maximum Gasteiger partial charge on any atom is 0.490 e. The van der Waals surface area contributed by atoms with Gasteiger partial charge in [-0.25, -0.2) is 13.7 Å². The van der Waals surface area contributed by atoms with E-state index in [4.69, 9.17) is 14.6 Å². The first-order valence-electron chi connectivity index (χ1n) is 11.5. The van der Waals surface area contributed by atoms with Crippen molar-refractivity contribution in [1.29, 1.82) is 0 Å². The zero-order chi connectivity index (χ0) is 25.1. The smallest absolute Gasteiger partial charge is 0.475 e. The molecule has 7 nitrogen and oxygen atoms in total. The van der Waals surface area contributed by atoms with E-state index < -0.39 is 23.1 Å². The Morgan fingerprint density at radius 1 is 1.21 bits per heavy atom. The Bertz CT molecular complexity index is 892. The second kappa shape index (κ2) is 10.5. The lowest BCUT2D eigenvalue weighted by molar-refractivity contribution is -0.192. The number of rotatable bonds is 3. The highest BCUT2D eigenvalue weighted by molar-refractivity contribution is 7.84. The Labute approximate surface area is 201 Å². The van der Waals surface area contributed by atoms with E-state index in [1.54, 1.807) is 0 Å². The predicted octanol–water partition coefficient (Wildman–Crippen LogP) is 3.18. The second-order valence-electron chi connectivity index (χ2n) is 10.0. The number of halogens is 3. The number of hydrogen-bond acceptors (Lipinski definition) is 5. The first kappa shape index (κ1) is 26.9. The molecule has 2 aliphatic heterocycles. The SMILES string of the molecule is CC(C)(C)S(=O)N[C@@H]1c2cc(N3CCOCC3)ccc2CC12CCNCC2.O=C(O)C(F)(F)F. The molecule has 0 amide bonds. The largest absolute Gasteiger partial charge is 0.490 e. The molecule has 3 aliphatic rings. The van der Waals surface area contributed by atoms with Crippen molar-refractivity contribution in [3.05, 3.63) is 29.3 Å². The molecule has 2 fully saturated rings. The third kappa shape index (κ3) is 6.30. The van der Waals surface area contributed by atoms with Gasteiger partial charge in [-0.1, -0.05) is 6.07 Å². The first-order valence-corrected chi connectivity index (χ1v) is 12.6. The molecule has 4 rings (SSSR count). The lowest BCUT2D eigenvalue weighted by Gasteiger charge is -2.40. The van der Waals surface area contributed by atoms with Crippen LogP contribution in [0.15, 0.2) is 18.2 Å². The van der Waals surface area contributed by atoms with Crippen molar-refractivity contribution in [2.75, 3.05) is 44.3 Å². The van der Waals surface area contributed by atoms with E-state index in [0.717, 1.165) is 58.7 Å². The zero-order valence-corrected chi connectivity index (χ0v) is 20.7. The molecule has 1 aromatic carbocycles. The molecule has 192 valence electrons. The Kier molecular flexibility index (Phi) is 8.32. The second-order valence-corrected chi connectivity index (χ2v) is 12.0. The van der Waals surface area contributed by atoms with Crippen molar-refractivity contribution in [3.8, 4) is 0 Å². The number of carbonyl (C=O) groups is 1. The third-order valence-corrected chi connectivity index (χ3v) is 8.16. The van der Waals surface area contributed by atoms with Crippen molar-refractivity contribution in [2.45, 2.75) is 57.0 Å². The van der Waals surface area contributed by atoms with Crippen molar-refractivity contribution in [1.82, 2.24) is 10.0 Å². The van der Waals surface area contributed by atoms with Crippen LogP contribution in [-0.4, -0.2) is 65.6 Å². The van der Waals surface area contributed by atoms with Crippen LogP contribution in [0.1, 0.15) is 50.8 Å². The van der Waals surface area contributed by atoms with Crippen molar-refractivity contribution in [2.24, 2.45) is 5.41 Å². The van der Waals surface area contributed by atoms with Gasteiger partial charge >= 0.3 is 12.1 Å². The Balaban J connectivity index is 0.000000406. The highest BCUT2D eigenvalue weighted by Gasteiger charge is 2.48. The minimum atomic E-state index is -5.08. The molecule has 1 aromatic rings. The lowest BCUT2D eigenvalue weighted by Crippen LogP contribution is -2.46. The number of hydrogen-bond donors (Lipinski definition) is 3. The van der Waals surface area contributed by atoms with Gasteiger partial charge in [0.05, 0.1) is 35.0 Å². The number of carboxylic acids is 1. The maximum absolute atomic E-state index is 13.0. The van der Waals surface area contributed by atoms with Crippen LogP contribution in [0.5, 0.6) is 0 Å². The number of ether oxygens (including phenoxy) is 1. The van der Waals surface area contributed by atoms with Gasteiger partial charge in [0.1, 0.15) is 0 Å². The van der Waals surface area contributed by atoms with Crippen LogP contribution in [0.2, 0.25) is 0 Å². The van der Waals surface area contributed by atoms with Crippen LogP contribution in [0, 0.1) is 5.41 Å². The fourth-order valence-electron chi connectivity index (χ4n) is 4.70. The van der Waals surface area contributed by atoms with Crippen LogP contribution in [0.3, 0.4) is 0 Å². The summed E-state index contributed by atoms with van der Waals surface area (Å²) >= 11 is 0. The van der Waals surface area contributed by atoms with Crippen molar-refractivity contribution >= 4 is 22.6 Å². The normalized spacial score (nSPS) is 23.1. The van der Waals surface area contributed by atoms with E-state index in [9.17, 15) is 17.4 Å². The summed E-state index contributed by atoms with van der Waals surface area (Å²) in [6, 6.07) is 7.10. The van der Waals surface area contributed by atoms with Gasteiger partial charge in [0.15, 0.2) is 0 Å². The highest BCUT2D eigenvalue weighted by atomic mass is 32.2. The van der Waals surface area contributed by atoms with Gasteiger partial charge < -0.3 is 20.1 Å². The Morgan fingerprint density at radius 2 is 1.79 bits per heavy atom. The molecule has 3 N–H and O–H groups in total. The summed E-state index contributed by atoms with van der Waals surface area (Å²) in [6.07, 6.45) is -1.73. The number of nitrogens with zero attached hydrogens (tertiary/aromatic N) is 1. The van der Waals surface area contributed by atoms with Crippen molar-refractivity contribution in [3.63, 3.8) is 0 Å². The average Bonchev–Trinajstić information content (AvgIpc) is 3.05. The average molecular weight is 506 g/mol. The number of piperidine rings is 1. The molecule has 11 heteroatoms. The fraction of sp³-hybridized carbons (Fsp3) is 0.696. The minimum absolute atomic E-state index is 0.163. The number of aliphatic carboxylic acids is 1. The lowest BCUT2D eigenvalue weighted by atomic mass is 9.73. The summed E-state index contributed by atoms with van der Waals surface area (Å²) in [5.74, 6) is -2.76. The molecule has 0 aromatic heterocycles. The summed E-state index contributed by atoms with van der Waals surface area (Å²) in [4.78, 5) is 11.3. The van der Waals surface area contributed by atoms with E-state index in [1.165, 1.54) is 16.8 Å². The topological polar surface area (TPSA) is 90.9 Å². The van der Waals surface area contributed by atoms with Gasteiger partial charge in [-0.15, -0.1) is 0 Å². The van der Waals surface area contributed by atoms with Crippen LogP contribution < -0.4 is 14.9 Å². The molecule has 34 heavy (non-hydrogen) atoms. The van der Waals surface area contributed by atoms with Crippen molar-refractivity contribution < 1.29 is 32.0 Å². The molecule has 0 bridgehead atoms. The van der Waals surface area contributed by atoms with Crippen LogP contribution in [-0.2, 0) is 26.9 Å². The van der Waals surface area contributed by atoms with E-state index >= 15 is 0 Å². The summed E-state index contributed by atoms with van der Waals surface area (Å²) in [5, 5.41) is 10.6. The maximum atomic E-state index is 13.0. The molecule has 0 radical (unpaired) electrons. The number of fused-ring (bicyclic) bond motifs is 1. The number of benzene rings is 1. The minimum Gasteiger partial charge on any atom is -0.475 e. The van der Waals surface area contributed by atoms with Gasteiger partial charge in [0.25, 0.3) is 0 Å². The summed E-state index contributed by atoms with van der Waals surface area (Å²) in [6.45, 7) is 11.7. The Morgan fingerprint density at radius 3 is 2.32 bits per heavy atom. The number of morpholine rings is 1. The van der Waals surface area contributed by atoms with E-state index in [0.29, 0.717) is 0 Å². The molecule has 1 unspecified atom stereocenters. The quantitative estimate of drug-likeness (QED) is 0.585. The molecule has 2 heterocycles. The van der Waals surface area contributed by atoms with Gasteiger partial charge in [0.2, 0.25) is 0 Å². The molecular weight excluding hydrogens is 471 g/mol. The van der Waals surface area contributed by atoms with Crippen LogP contribution in [0.25, 0.3) is 0 Å².